The first kappa shape index (κ1) is 19.7. The van der Waals surface area contributed by atoms with Gasteiger partial charge in [0, 0.05) is 16.5 Å². The monoisotopic (exact) mass is 434 g/mol. The van der Waals surface area contributed by atoms with Gasteiger partial charge in [-0.15, -0.1) is 11.8 Å². The summed E-state index contributed by atoms with van der Waals surface area (Å²) in [4.78, 5) is 6.31. The van der Waals surface area contributed by atoms with E-state index < -0.39 is 0 Å². The molecule has 1 saturated heterocycles. The van der Waals surface area contributed by atoms with E-state index in [2.05, 4.69) is 71.3 Å². The van der Waals surface area contributed by atoms with E-state index in [0.717, 1.165) is 42.9 Å². The Labute approximate surface area is 186 Å². The van der Waals surface area contributed by atoms with E-state index in [1.54, 1.807) is 0 Å². The number of aromatic nitrogens is 2. The third-order valence-corrected chi connectivity index (χ3v) is 6.98. The van der Waals surface area contributed by atoms with Crippen LogP contribution >= 0.6 is 23.4 Å². The predicted octanol–water partition coefficient (Wildman–Crippen LogP) is 6.75. The SMILES string of the molecule is Clc1ccc2c(c1)nc(C(Sc1ccccc1)c1ccccc1)n2CC1CCCO1. The van der Waals surface area contributed by atoms with Gasteiger partial charge in [0.05, 0.1) is 28.9 Å². The Balaban J connectivity index is 1.64. The molecule has 2 heterocycles. The number of imidazole rings is 1. The highest BCUT2D eigenvalue weighted by atomic mass is 35.5. The van der Waals surface area contributed by atoms with Crippen LogP contribution in [0.2, 0.25) is 5.02 Å². The molecule has 0 N–H and O–H groups in total. The predicted molar refractivity (Wildman–Crippen MR) is 124 cm³/mol. The summed E-state index contributed by atoms with van der Waals surface area (Å²) in [6.07, 6.45) is 2.45. The summed E-state index contributed by atoms with van der Waals surface area (Å²) in [6, 6.07) is 27.1. The normalized spacial score (nSPS) is 17.4. The number of hydrogen-bond acceptors (Lipinski definition) is 3. The summed E-state index contributed by atoms with van der Waals surface area (Å²) in [7, 11) is 0. The van der Waals surface area contributed by atoms with Gasteiger partial charge in [0.15, 0.2) is 0 Å². The molecule has 5 heteroatoms. The Bertz CT molecular complexity index is 1120. The highest BCUT2D eigenvalue weighted by molar-refractivity contribution is 7.99. The first-order valence-electron chi connectivity index (χ1n) is 10.3. The molecule has 1 aromatic heterocycles. The molecule has 4 aromatic rings. The fourth-order valence-corrected chi connectivity index (χ4v) is 5.37. The van der Waals surface area contributed by atoms with Crippen LogP contribution in [0.1, 0.15) is 29.5 Å². The van der Waals surface area contributed by atoms with Crippen molar-refractivity contribution in [1.82, 2.24) is 9.55 Å². The number of ether oxygens (including phenoxy) is 1. The molecular weight excluding hydrogens is 412 g/mol. The molecule has 0 spiro atoms. The molecule has 0 saturated carbocycles. The summed E-state index contributed by atoms with van der Waals surface area (Å²) in [5, 5.41) is 0.781. The molecule has 3 aromatic carbocycles. The van der Waals surface area contributed by atoms with Crippen molar-refractivity contribution in [2.24, 2.45) is 0 Å². The molecule has 2 atom stereocenters. The second-order valence-corrected chi connectivity index (χ2v) is 9.19. The van der Waals surface area contributed by atoms with E-state index in [1.165, 1.54) is 10.5 Å². The number of rotatable bonds is 6. The second-order valence-electron chi connectivity index (χ2n) is 7.57. The minimum Gasteiger partial charge on any atom is -0.376 e. The zero-order valence-electron chi connectivity index (χ0n) is 16.6. The van der Waals surface area contributed by atoms with E-state index in [0.29, 0.717) is 5.02 Å². The van der Waals surface area contributed by atoms with Crippen molar-refractivity contribution < 1.29 is 4.74 Å². The highest BCUT2D eigenvalue weighted by Gasteiger charge is 2.26. The molecule has 1 fully saturated rings. The summed E-state index contributed by atoms with van der Waals surface area (Å²) >= 11 is 8.13. The van der Waals surface area contributed by atoms with Gasteiger partial charge in [-0.1, -0.05) is 60.1 Å². The maximum atomic E-state index is 6.30. The number of benzene rings is 3. The second kappa shape index (κ2) is 8.84. The fraction of sp³-hybridized carbons (Fsp3) is 0.240. The van der Waals surface area contributed by atoms with Gasteiger partial charge in [0.25, 0.3) is 0 Å². The number of fused-ring (bicyclic) bond motifs is 1. The zero-order valence-corrected chi connectivity index (χ0v) is 18.1. The Morgan fingerprint density at radius 3 is 2.53 bits per heavy atom. The van der Waals surface area contributed by atoms with Crippen molar-refractivity contribution in [3.05, 3.63) is 95.3 Å². The third kappa shape index (κ3) is 4.13. The van der Waals surface area contributed by atoms with Gasteiger partial charge in [-0.2, -0.15) is 0 Å². The molecule has 152 valence electrons. The summed E-state index contributed by atoms with van der Waals surface area (Å²) < 4.78 is 8.32. The lowest BCUT2D eigenvalue weighted by Crippen LogP contribution is -2.18. The highest BCUT2D eigenvalue weighted by Crippen LogP contribution is 2.41. The van der Waals surface area contributed by atoms with Gasteiger partial charge in [-0.3, -0.25) is 0 Å². The Morgan fingerprint density at radius 2 is 1.80 bits per heavy atom. The van der Waals surface area contributed by atoms with Crippen molar-refractivity contribution in [3.8, 4) is 0 Å². The average Bonchev–Trinajstić information content (AvgIpc) is 3.42. The maximum absolute atomic E-state index is 6.30. The summed E-state index contributed by atoms with van der Waals surface area (Å²) in [6.45, 7) is 1.66. The van der Waals surface area contributed by atoms with Crippen molar-refractivity contribution >= 4 is 34.4 Å². The van der Waals surface area contributed by atoms with Crippen LogP contribution in [0, 0.1) is 0 Å². The first-order chi connectivity index (χ1) is 14.8. The molecule has 3 nitrogen and oxygen atoms in total. The third-order valence-electron chi connectivity index (χ3n) is 5.48. The molecule has 1 aliphatic rings. The van der Waals surface area contributed by atoms with Gasteiger partial charge in [-0.25, -0.2) is 4.98 Å². The Morgan fingerprint density at radius 1 is 1.03 bits per heavy atom. The van der Waals surface area contributed by atoms with Gasteiger partial charge < -0.3 is 9.30 Å². The van der Waals surface area contributed by atoms with Crippen LogP contribution in [0.3, 0.4) is 0 Å². The molecule has 0 bridgehead atoms. The van der Waals surface area contributed by atoms with Crippen molar-refractivity contribution in [1.29, 1.82) is 0 Å². The lowest BCUT2D eigenvalue weighted by Gasteiger charge is -2.21. The van der Waals surface area contributed by atoms with E-state index in [4.69, 9.17) is 21.3 Å². The lowest BCUT2D eigenvalue weighted by molar-refractivity contribution is 0.0973. The van der Waals surface area contributed by atoms with Crippen LogP contribution in [0.15, 0.2) is 83.8 Å². The van der Waals surface area contributed by atoms with Gasteiger partial charge >= 0.3 is 0 Å². The van der Waals surface area contributed by atoms with Crippen LogP contribution < -0.4 is 0 Å². The molecule has 2 unspecified atom stereocenters. The molecule has 0 amide bonds. The summed E-state index contributed by atoms with van der Waals surface area (Å²) in [5.41, 5.74) is 3.28. The van der Waals surface area contributed by atoms with E-state index in [9.17, 15) is 0 Å². The van der Waals surface area contributed by atoms with E-state index in [-0.39, 0.29) is 11.4 Å². The molecule has 0 radical (unpaired) electrons. The van der Waals surface area contributed by atoms with Crippen LogP contribution in [0.25, 0.3) is 11.0 Å². The van der Waals surface area contributed by atoms with Crippen LogP contribution in [0.5, 0.6) is 0 Å². The molecule has 30 heavy (non-hydrogen) atoms. The van der Waals surface area contributed by atoms with Crippen LogP contribution in [-0.2, 0) is 11.3 Å². The summed E-state index contributed by atoms with van der Waals surface area (Å²) in [5.74, 6) is 1.04. The largest absolute Gasteiger partial charge is 0.376 e. The van der Waals surface area contributed by atoms with Crippen molar-refractivity contribution in [2.75, 3.05) is 6.61 Å². The lowest BCUT2D eigenvalue weighted by atomic mass is 10.1. The van der Waals surface area contributed by atoms with Crippen LogP contribution in [0.4, 0.5) is 0 Å². The smallest absolute Gasteiger partial charge is 0.128 e. The van der Waals surface area contributed by atoms with Crippen molar-refractivity contribution in [3.63, 3.8) is 0 Å². The van der Waals surface area contributed by atoms with E-state index in [1.807, 2.05) is 23.9 Å². The zero-order chi connectivity index (χ0) is 20.3. The van der Waals surface area contributed by atoms with Gasteiger partial charge in [0.2, 0.25) is 0 Å². The first-order valence-corrected chi connectivity index (χ1v) is 11.6. The number of nitrogens with zero attached hydrogens (tertiary/aromatic N) is 2. The molecule has 0 aliphatic carbocycles. The molecule has 1 aliphatic heterocycles. The molecule has 5 rings (SSSR count). The number of hydrogen-bond donors (Lipinski definition) is 0. The Hall–Kier alpha value is -2.27. The van der Waals surface area contributed by atoms with Crippen LogP contribution in [-0.4, -0.2) is 22.3 Å². The minimum absolute atomic E-state index is 0.0705. The van der Waals surface area contributed by atoms with Gasteiger partial charge in [0.1, 0.15) is 5.82 Å². The van der Waals surface area contributed by atoms with E-state index >= 15 is 0 Å². The minimum atomic E-state index is 0.0705. The maximum Gasteiger partial charge on any atom is 0.128 e. The average molecular weight is 435 g/mol. The quantitative estimate of drug-likeness (QED) is 0.314. The standard InChI is InChI=1S/C25H23ClN2OS/c26-19-13-14-23-22(16-19)27-25(28(23)17-20-10-7-15-29-20)24(18-8-3-1-4-9-18)30-21-11-5-2-6-12-21/h1-6,8-9,11-14,16,20,24H,7,10,15,17H2. The fourth-order valence-electron chi connectivity index (χ4n) is 4.04. The Kier molecular flexibility index (Phi) is 5.80. The number of thioether (sulfide) groups is 1. The van der Waals surface area contributed by atoms with Gasteiger partial charge in [-0.05, 0) is 48.7 Å². The molecular formula is C25H23ClN2OS. The number of halogens is 1. The topological polar surface area (TPSA) is 27.1 Å². The van der Waals surface area contributed by atoms with Crippen molar-refractivity contribution in [2.45, 2.75) is 35.6 Å².